The normalized spacial score (nSPS) is 18.3. The molecule has 12 heteroatoms. The van der Waals surface area contributed by atoms with Crippen LogP contribution in [0.1, 0.15) is 23.7 Å². The average Bonchev–Trinajstić information content (AvgIpc) is 3.50. The Morgan fingerprint density at radius 2 is 2.09 bits per heavy atom. The lowest BCUT2D eigenvalue weighted by Gasteiger charge is -2.36. The largest absolute Gasteiger partial charge is 0.393 e. The van der Waals surface area contributed by atoms with Crippen LogP contribution in [0.15, 0.2) is 48.1 Å². The van der Waals surface area contributed by atoms with Gasteiger partial charge in [-0.05, 0) is 30.5 Å². The van der Waals surface area contributed by atoms with Gasteiger partial charge in [0, 0.05) is 42.1 Å². The summed E-state index contributed by atoms with van der Waals surface area (Å²) in [4.78, 5) is 31.2. The van der Waals surface area contributed by atoms with E-state index in [0.717, 1.165) is 46.7 Å². The second-order valence-corrected chi connectivity index (χ2v) is 11.3. The molecule has 0 saturated carbocycles. The van der Waals surface area contributed by atoms with Crippen molar-refractivity contribution in [3.05, 3.63) is 53.7 Å². The van der Waals surface area contributed by atoms with E-state index in [9.17, 15) is 23.1 Å². The zero-order chi connectivity index (χ0) is 25.2. The summed E-state index contributed by atoms with van der Waals surface area (Å²) in [6, 6.07) is 9.37. The molecule has 3 heterocycles. The Bertz CT molecular complexity index is 1330. The van der Waals surface area contributed by atoms with Crippen LogP contribution >= 0.6 is 11.3 Å². The number of carbonyl (C=O) groups excluding carboxylic acids is 2. The quantitative estimate of drug-likeness (QED) is 0.436. The summed E-state index contributed by atoms with van der Waals surface area (Å²) in [5.74, 6) is -0.802. The molecule has 0 spiro atoms. The fourth-order valence-electron chi connectivity index (χ4n) is 3.84. The van der Waals surface area contributed by atoms with Crippen molar-refractivity contribution < 1.29 is 23.1 Å². The first-order valence-corrected chi connectivity index (χ1v) is 13.8. The maximum Gasteiger partial charge on any atom is 0.253 e. The van der Waals surface area contributed by atoms with Crippen LogP contribution in [0, 0.1) is 5.92 Å². The number of piperidine rings is 1. The molecule has 1 aliphatic rings. The number of aliphatic hydroxyl groups excluding tert-OH is 1. The predicted octanol–water partition coefficient (Wildman–Crippen LogP) is 1.99. The smallest absolute Gasteiger partial charge is 0.253 e. The molecule has 2 aromatic heterocycles. The third-order valence-electron chi connectivity index (χ3n) is 5.84. The topological polar surface area (TPSA) is 134 Å². The number of aromatic nitrogens is 2. The molecule has 1 fully saturated rings. The van der Waals surface area contributed by atoms with Crippen LogP contribution in [0.3, 0.4) is 0 Å². The Kier molecular flexibility index (Phi) is 7.24. The molecule has 0 radical (unpaired) electrons. The van der Waals surface area contributed by atoms with Gasteiger partial charge in [0.2, 0.25) is 15.9 Å². The van der Waals surface area contributed by atoms with Crippen LogP contribution in [0.4, 0.5) is 10.8 Å². The van der Waals surface area contributed by atoms with Gasteiger partial charge in [-0.2, -0.15) is 0 Å². The first kappa shape index (κ1) is 24.9. The van der Waals surface area contributed by atoms with Crippen molar-refractivity contribution in [1.29, 1.82) is 0 Å². The van der Waals surface area contributed by atoms with E-state index in [1.54, 1.807) is 0 Å². The van der Waals surface area contributed by atoms with E-state index in [4.69, 9.17) is 0 Å². The van der Waals surface area contributed by atoms with E-state index < -0.39 is 21.8 Å². The Labute approximate surface area is 207 Å². The summed E-state index contributed by atoms with van der Waals surface area (Å²) in [7, 11) is -3.48. The van der Waals surface area contributed by atoms with Crippen molar-refractivity contribution >= 4 is 44.0 Å². The molecule has 2 amide bonds. The number of amides is 2. The Hall–Kier alpha value is -3.22. The third-order valence-corrected chi connectivity index (χ3v) is 7.59. The van der Waals surface area contributed by atoms with Gasteiger partial charge in [-0.1, -0.05) is 19.1 Å². The first-order chi connectivity index (χ1) is 16.6. The molecule has 1 aromatic carbocycles. The number of nitrogens with zero attached hydrogens (tertiary/aromatic N) is 3. The van der Waals surface area contributed by atoms with Crippen LogP contribution in [-0.2, 0) is 14.8 Å². The minimum absolute atomic E-state index is 0.136. The third kappa shape index (κ3) is 6.08. The van der Waals surface area contributed by atoms with Crippen LogP contribution in [0.2, 0.25) is 0 Å². The Morgan fingerprint density at radius 1 is 1.29 bits per heavy atom. The van der Waals surface area contributed by atoms with Crippen LogP contribution in [0.5, 0.6) is 0 Å². The molecular weight excluding hydrogens is 490 g/mol. The molecule has 0 aliphatic carbocycles. The van der Waals surface area contributed by atoms with Crippen molar-refractivity contribution in [2.75, 3.05) is 36.1 Å². The molecule has 3 N–H and O–H groups in total. The molecule has 0 unspecified atom stereocenters. The average molecular weight is 518 g/mol. The van der Waals surface area contributed by atoms with E-state index >= 15 is 0 Å². The fraction of sp³-hybridized carbons (Fsp3) is 0.348. The van der Waals surface area contributed by atoms with Crippen molar-refractivity contribution in [3.8, 4) is 11.3 Å². The molecule has 2 atom stereocenters. The van der Waals surface area contributed by atoms with Gasteiger partial charge < -0.3 is 20.6 Å². The van der Waals surface area contributed by atoms with E-state index in [1.165, 1.54) is 29.8 Å². The number of benzene rings is 1. The number of thiazole rings is 1. The molecule has 10 nitrogen and oxygen atoms in total. The highest BCUT2D eigenvalue weighted by Crippen LogP contribution is 2.30. The van der Waals surface area contributed by atoms with Gasteiger partial charge in [0.15, 0.2) is 5.13 Å². The summed E-state index contributed by atoms with van der Waals surface area (Å²) in [6.07, 6.45) is 3.96. The molecule has 1 aliphatic heterocycles. The molecule has 35 heavy (non-hydrogen) atoms. The summed E-state index contributed by atoms with van der Waals surface area (Å²) in [5, 5.41) is 17.4. The van der Waals surface area contributed by atoms with Gasteiger partial charge in [0.05, 0.1) is 30.2 Å². The predicted molar refractivity (Wildman–Crippen MR) is 135 cm³/mol. The Balaban J connectivity index is 1.34. The van der Waals surface area contributed by atoms with Gasteiger partial charge >= 0.3 is 0 Å². The standard InChI is InChI=1S/C23H27N5O5S2/c1-15-12-27(8-7-20(15)29)18-5-3-4-16(10-18)19-14-34-23(25-19)26-21(30)11-24-22(31)17-6-9-28(13-17)35(2,32)33/h3-6,9-10,13-15,20,29H,7-8,11-12H2,1-2H3,(H,24,31)(H,25,26,30)/t15-,20-/m0/s1. The zero-order valence-electron chi connectivity index (χ0n) is 19.3. The van der Waals surface area contributed by atoms with E-state index in [-0.39, 0.29) is 24.1 Å². The number of anilines is 2. The lowest BCUT2D eigenvalue weighted by molar-refractivity contribution is -0.115. The van der Waals surface area contributed by atoms with Crippen LogP contribution in [-0.4, -0.2) is 66.3 Å². The lowest BCUT2D eigenvalue weighted by Crippen LogP contribution is -2.41. The van der Waals surface area contributed by atoms with Crippen molar-refractivity contribution in [1.82, 2.24) is 14.3 Å². The summed E-state index contributed by atoms with van der Waals surface area (Å²) < 4.78 is 24.0. The fourth-order valence-corrected chi connectivity index (χ4v) is 5.16. The van der Waals surface area contributed by atoms with Gasteiger partial charge in [-0.3, -0.25) is 13.6 Å². The number of nitrogens with one attached hydrogen (secondary N) is 2. The van der Waals surface area contributed by atoms with E-state index in [2.05, 4.69) is 20.5 Å². The molecule has 3 aromatic rings. The maximum atomic E-state index is 12.3. The van der Waals surface area contributed by atoms with Gasteiger partial charge in [0.1, 0.15) is 0 Å². The molecule has 0 bridgehead atoms. The van der Waals surface area contributed by atoms with Crippen molar-refractivity contribution in [2.24, 2.45) is 5.92 Å². The lowest BCUT2D eigenvalue weighted by atomic mass is 9.96. The van der Waals surface area contributed by atoms with Gasteiger partial charge in [0.25, 0.3) is 5.91 Å². The number of aliphatic hydroxyl groups is 1. The minimum atomic E-state index is -3.48. The molecular formula is C23H27N5O5S2. The number of carbonyl (C=O) groups is 2. The second kappa shape index (κ2) is 10.2. The monoisotopic (exact) mass is 517 g/mol. The number of hydrogen-bond donors (Lipinski definition) is 3. The number of hydrogen-bond acceptors (Lipinski definition) is 8. The van der Waals surface area contributed by atoms with Crippen LogP contribution in [0.25, 0.3) is 11.3 Å². The van der Waals surface area contributed by atoms with Crippen molar-refractivity contribution in [3.63, 3.8) is 0 Å². The van der Waals surface area contributed by atoms with E-state index in [0.29, 0.717) is 5.13 Å². The van der Waals surface area contributed by atoms with E-state index in [1.807, 2.05) is 36.6 Å². The highest BCUT2D eigenvalue weighted by molar-refractivity contribution is 7.89. The highest BCUT2D eigenvalue weighted by Gasteiger charge is 2.24. The second-order valence-electron chi connectivity index (χ2n) is 8.59. The summed E-state index contributed by atoms with van der Waals surface area (Å²) in [6.45, 7) is 3.34. The molecule has 4 rings (SSSR count). The van der Waals surface area contributed by atoms with Crippen molar-refractivity contribution in [2.45, 2.75) is 19.4 Å². The highest BCUT2D eigenvalue weighted by atomic mass is 32.2. The summed E-state index contributed by atoms with van der Waals surface area (Å²) in [5.41, 5.74) is 2.84. The summed E-state index contributed by atoms with van der Waals surface area (Å²) >= 11 is 1.28. The molecule has 186 valence electrons. The minimum Gasteiger partial charge on any atom is -0.393 e. The zero-order valence-corrected chi connectivity index (χ0v) is 21.0. The molecule has 1 saturated heterocycles. The Morgan fingerprint density at radius 3 is 2.80 bits per heavy atom. The van der Waals surface area contributed by atoms with Crippen LogP contribution < -0.4 is 15.5 Å². The van der Waals surface area contributed by atoms with Gasteiger partial charge in [-0.15, -0.1) is 11.3 Å². The maximum absolute atomic E-state index is 12.3. The number of rotatable bonds is 7. The SMILES string of the molecule is C[C@H]1CN(c2cccc(-c3csc(NC(=O)CNC(=O)c4ccn(S(C)(=O)=O)c4)n3)c2)CC[C@@H]1O. The van der Waals surface area contributed by atoms with Gasteiger partial charge in [-0.25, -0.2) is 13.4 Å². The first-order valence-electron chi connectivity index (χ1n) is 11.1.